The molecule has 0 aromatic rings. The molecule has 0 fully saturated rings. The smallest absolute Gasteiger partial charge is 0.309 e. The van der Waals surface area contributed by atoms with Crippen molar-refractivity contribution in [3.63, 3.8) is 0 Å². The van der Waals surface area contributed by atoms with Gasteiger partial charge in [-0.25, -0.2) is 0 Å². The highest BCUT2D eigenvalue weighted by molar-refractivity contribution is 5.71. The lowest BCUT2D eigenvalue weighted by atomic mass is 10.0. The van der Waals surface area contributed by atoms with E-state index in [2.05, 4.69) is 81.5 Å². The number of hydrogen-bond donors (Lipinski definition) is 0. The van der Waals surface area contributed by atoms with Crippen LogP contribution in [0.4, 0.5) is 0 Å². The van der Waals surface area contributed by atoms with Crippen LogP contribution in [0, 0.1) is 0 Å². The second-order valence-electron chi connectivity index (χ2n) is 18.1. The number of unbranched alkanes of at least 4 members (excludes halogenated alkanes) is 28. The zero-order valence-corrected chi connectivity index (χ0v) is 42.5. The predicted octanol–water partition coefficient (Wildman–Crippen LogP) is 18.7. The van der Waals surface area contributed by atoms with E-state index < -0.39 is 6.10 Å². The molecule has 0 spiro atoms. The van der Waals surface area contributed by atoms with Crippen molar-refractivity contribution in [2.24, 2.45) is 0 Å². The van der Waals surface area contributed by atoms with Gasteiger partial charge in [0.15, 0.2) is 6.10 Å². The van der Waals surface area contributed by atoms with E-state index in [1.807, 2.05) is 12.2 Å². The van der Waals surface area contributed by atoms with Gasteiger partial charge in [0, 0.05) is 13.0 Å². The molecule has 0 rings (SSSR count). The maximum Gasteiger partial charge on any atom is 0.309 e. The summed E-state index contributed by atoms with van der Waals surface area (Å²) in [4.78, 5) is 25.4. The van der Waals surface area contributed by atoms with E-state index in [0.29, 0.717) is 13.0 Å². The average molecular weight is 893 g/mol. The minimum absolute atomic E-state index is 0.0316. The molecule has 0 heterocycles. The van der Waals surface area contributed by atoms with Crippen LogP contribution in [0.15, 0.2) is 72.9 Å². The molecule has 0 saturated carbocycles. The van der Waals surface area contributed by atoms with Gasteiger partial charge in [-0.3, -0.25) is 9.59 Å². The Morgan fingerprint density at radius 2 is 0.750 bits per heavy atom. The van der Waals surface area contributed by atoms with Crippen molar-refractivity contribution in [3.8, 4) is 0 Å². The first-order valence-corrected chi connectivity index (χ1v) is 27.5. The lowest BCUT2D eigenvalue weighted by Gasteiger charge is -2.18. The van der Waals surface area contributed by atoms with Crippen molar-refractivity contribution >= 4 is 11.9 Å². The summed E-state index contributed by atoms with van der Waals surface area (Å²) < 4.78 is 17.3. The molecule has 0 bridgehead atoms. The van der Waals surface area contributed by atoms with Crippen LogP contribution in [0.25, 0.3) is 0 Å². The van der Waals surface area contributed by atoms with Crippen molar-refractivity contribution in [2.75, 3.05) is 19.8 Å². The molecule has 0 aromatic carbocycles. The van der Waals surface area contributed by atoms with Crippen molar-refractivity contribution in [1.82, 2.24) is 0 Å². The number of esters is 2. The van der Waals surface area contributed by atoms with E-state index in [9.17, 15) is 9.59 Å². The Balaban J connectivity index is 4.32. The highest BCUT2D eigenvalue weighted by atomic mass is 16.6. The number of carbonyl (C=O) groups is 2. The van der Waals surface area contributed by atoms with Crippen molar-refractivity contribution in [1.29, 1.82) is 0 Å². The zero-order chi connectivity index (χ0) is 46.3. The van der Waals surface area contributed by atoms with E-state index in [1.165, 1.54) is 173 Å². The van der Waals surface area contributed by atoms with Crippen molar-refractivity contribution in [3.05, 3.63) is 72.9 Å². The van der Waals surface area contributed by atoms with Gasteiger partial charge in [-0.05, 0) is 70.6 Å². The predicted molar refractivity (Wildman–Crippen MR) is 279 cm³/mol. The molecule has 5 heteroatoms. The van der Waals surface area contributed by atoms with Crippen LogP contribution in [0.1, 0.15) is 265 Å². The van der Waals surface area contributed by atoms with Crippen LogP contribution in [0.5, 0.6) is 0 Å². The number of hydrogen-bond acceptors (Lipinski definition) is 5. The van der Waals surface area contributed by atoms with Gasteiger partial charge in [0.25, 0.3) is 0 Å². The van der Waals surface area contributed by atoms with Gasteiger partial charge in [-0.2, -0.15) is 0 Å². The van der Waals surface area contributed by atoms with Gasteiger partial charge in [0.05, 0.1) is 13.0 Å². The van der Waals surface area contributed by atoms with Crippen LogP contribution in [0.3, 0.4) is 0 Å². The van der Waals surface area contributed by atoms with Gasteiger partial charge in [0.1, 0.15) is 6.61 Å². The van der Waals surface area contributed by atoms with Crippen LogP contribution >= 0.6 is 0 Å². The fraction of sp³-hybridized carbons (Fsp3) is 0.763. The topological polar surface area (TPSA) is 61.8 Å². The molecule has 370 valence electrons. The van der Waals surface area contributed by atoms with E-state index in [4.69, 9.17) is 14.2 Å². The summed E-state index contributed by atoms with van der Waals surface area (Å²) in [5, 5.41) is 0. The summed E-state index contributed by atoms with van der Waals surface area (Å²) in [5.41, 5.74) is 0. The zero-order valence-electron chi connectivity index (χ0n) is 42.5. The van der Waals surface area contributed by atoms with E-state index >= 15 is 0 Å². The van der Waals surface area contributed by atoms with E-state index in [-0.39, 0.29) is 31.6 Å². The molecule has 0 saturated heterocycles. The molecule has 0 aromatic heterocycles. The van der Waals surface area contributed by atoms with Gasteiger partial charge in [-0.15, -0.1) is 0 Å². The average Bonchev–Trinajstić information content (AvgIpc) is 3.30. The molecule has 1 atom stereocenters. The van der Waals surface area contributed by atoms with Crippen molar-refractivity contribution in [2.45, 2.75) is 271 Å². The first kappa shape index (κ1) is 61.3. The third-order valence-corrected chi connectivity index (χ3v) is 11.8. The Kier molecular flexibility index (Phi) is 52.4. The molecule has 0 aliphatic carbocycles. The minimum atomic E-state index is -0.576. The Bertz CT molecular complexity index is 1150. The molecule has 5 nitrogen and oxygen atoms in total. The number of ether oxygens (including phenoxy) is 3. The van der Waals surface area contributed by atoms with Crippen LogP contribution in [-0.2, 0) is 23.8 Å². The number of carbonyl (C=O) groups excluding carboxylic acids is 2. The summed E-state index contributed by atoms with van der Waals surface area (Å²) in [6.45, 7) is 7.63. The molecular formula is C59H104O5. The highest BCUT2D eigenvalue weighted by Crippen LogP contribution is 2.15. The molecule has 0 aliphatic heterocycles. The fourth-order valence-corrected chi connectivity index (χ4v) is 7.70. The first-order valence-electron chi connectivity index (χ1n) is 27.5. The Morgan fingerprint density at radius 1 is 0.375 bits per heavy atom. The molecule has 0 radical (unpaired) electrons. The van der Waals surface area contributed by atoms with Crippen LogP contribution in [0.2, 0.25) is 0 Å². The fourth-order valence-electron chi connectivity index (χ4n) is 7.70. The standard InChI is InChI=1S/C59H104O5/c1-4-7-10-13-16-19-22-25-27-28-29-30-31-33-36-39-42-45-48-51-54-62-55-57(64-59(61)53-50-47-44-41-38-34-24-21-18-15-12-9-6-3)56-63-58(60)52-49-46-43-40-37-35-32-26-23-20-17-14-11-8-5-2/h8,11,17,20,25-27,32,37,40,46,49,57H,4-7,9-10,12-16,18-19,21-24,28-31,33-36,38-39,41-45,47-48,50-56H2,1-3H3/b11-8-,20-17-,27-25-,32-26-,40-37-,49-46-. The quantitative estimate of drug-likeness (QED) is 0.0346. The summed E-state index contributed by atoms with van der Waals surface area (Å²) >= 11 is 0. The maximum atomic E-state index is 12.8. The van der Waals surface area contributed by atoms with Gasteiger partial charge >= 0.3 is 11.9 Å². The second kappa shape index (κ2) is 54.7. The normalized spacial score (nSPS) is 12.7. The summed E-state index contributed by atoms with van der Waals surface area (Å²) in [6.07, 6.45) is 70.9. The Morgan fingerprint density at radius 3 is 1.19 bits per heavy atom. The van der Waals surface area contributed by atoms with Crippen molar-refractivity contribution < 1.29 is 23.8 Å². The summed E-state index contributed by atoms with van der Waals surface area (Å²) in [6, 6.07) is 0. The minimum Gasteiger partial charge on any atom is -0.461 e. The summed E-state index contributed by atoms with van der Waals surface area (Å²) in [7, 11) is 0. The summed E-state index contributed by atoms with van der Waals surface area (Å²) in [5.74, 6) is -0.536. The number of allylic oxidation sites excluding steroid dienone is 11. The van der Waals surface area contributed by atoms with E-state index in [0.717, 1.165) is 57.8 Å². The highest BCUT2D eigenvalue weighted by Gasteiger charge is 2.17. The third-order valence-electron chi connectivity index (χ3n) is 11.8. The maximum absolute atomic E-state index is 12.8. The SMILES string of the molecule is CC/C=C\C/C=C\C/C=C\C/C=C\C/C=C\CC(=O)OCC(COCCCCCCCCCCCC/C=C\CCCCCCCC)OC(=O)CCCCCCCCCCCCCCC. The van der Waals surface area contributed by atoms with Gasteiger partial charge in [0.2, 0.25) is 0 Å². The molecule has 0 aliphatic rings. The first-order chi connectivity index (χ1) is 31.6. The Hall–Kier alpha value is -2.66. The largest absolute Gasteiger partial charge is 0.461 e. The van der Waals surface area contributed by atoms with Gasteiger partial charge < -0.3 is 14.2 Å². The Labute approximate surface area is 397 Å². The van der Waals surface area contributed by atoms with E-state index in [1.54, 1.807) is 0 Å². The third kappa shape index (κ3) is 52.0. The molecule has 0 N–H and O–H groups in total. The molecule has 64 heavy (non-hydrogen) atoms. The van der Waals surface area contributed by atoms with Crippen LogP contribution < -0.4 is 0 Å². The molecule has 1 unspecified atom stereocenters. The molecular weight excluding hydrogens is 789 g/mol. The van der Waals surface area contributed by atoms with Gasteiger partial charge in [-0.1, -0.05) is 254 Å². The molecule has 0 amide bonds. The lowest BCUT2D eigenvalue weighted by Crippen LogP contribution is -2.30. The van der Waals surface area contributed by atoms with Crippen LogP contribution in [-0.4, -0.2) is 37.9 Å². The second-order valence-corrected chi connectivity index (χ2v) is 18.1. The monoisotopic (exact) mass is 893 g/mol. The number of rotatable bonds is 50. The lowest BCUT2D eigenvalue weighted by molar-refractivity contribution is -0.162.